The summed E-state index contributed by atoms with van der Waals surface area (Å²) in [6, 6.07) is 6.81. The first-order valence-electron chi connectivity index (χ1n) is 10.7. The Kier molecular flexibility index (Phi) is 5.10. The molecule has 3 aromatic rings. The number of rotatable bonds is 5. The lowest BCUT2D eigenvalue weighted by atomic mass is 10.1. The van der Waals surface area contributed by atoms with Gasteiger partial charge in [-0.05, 0) is 44.4 Å². The van der Waals surface area contributed by atoms with Crippen molar-refractivity contribution in [3.05, 3.63) is 58.2 Å². The molecule has 2 aromatic heterocycles. The van der Waals surface area contributed by atoms with Gasteiger partial charge in [-0.1, -0.05) is 12.1 Å². The molecule has 1 fully saturated rings. The van der Waals surface area contributed by atoms with Crippen LogP contribution in [0, 0.1) is 0 Å². The zero-order valence-corrected chi connectivity index (χ0v) is 16.8. The number of aryl methyl sites for hydroxylation is 2. The third kappa shape index (κ3) is 3.53. The van der Waals surface area contributed by atoms with Crippen LogP contribution in [0.1, 0.15) is 49.1 Å². The molecule has 1 aromatic carbocycles. The van der Waals surface area contributed by atoms with E-state index in [0.717, 1.165) is 43.9 Å². The molecule has 5 rings (SSSR count). The van der Waals surface area contributed by atoms with Crippen LogP contribution in [0.5, 0.6) is 0 Å². The molecular weight excluding hydrogens is 388 g/mol. The molecular formula is C22H25F2N5O. The Hall–Kier alpha value is -2.61. The fourth-order valence-electron chi connectivity index (χ4n) is 4.82. The van der Waals surface area contributed by atoms with Crippen LogP contribution in [-0.4, -0.2) is 37.0 Å². The zero-order valence-electron chi connectivity index (χ0n) is 16.8. The summed E-state index contributed by atoms with van der Waals surface area (Å²) in [6.45, 7) is 1.85. The Morgan fingerprint density at radius 2 is 1.97 bits per heavy atom. The minimum atomic E-state index is -2.61. The Bertz CT molecular complexity index is 1100. The predicted molar refractivity (Wildman–Crippen MR) is 110 cm³/mol. The number of benzene rings is 1. The van der Waals surface area contributed by atoms with E-state index < -0.39 is 13.0 Å². The summed E-state index contributed by atoms with van der Waals surface area (Å²) >= 11 is 0. The molecule has 0 amide bonds. The number of fused-ring (bicyclic) bond motifs is 2. The van der Waals surface area contributed by atoms with Gasteiger partial charge in [-0.3, -0.25) is 14.3 Å². The van der Waals surface area contributed by atoms with E-state index in [1.807, 2.05) is 6.07 Å². The van der Waals surface area contributed by atoms with Crippen LogP contribution >= 0.6 is 0 Å². The summed E-state index contributed by atoms with van der Waals surface area (Å²) in [6.07, 6.45) is 4.59. The summed E-state index contributed by atoms with van der Waals surface area (Å²) in [7, 11) is 0. The van der Waals surface area contributed by atoms with E-state index in [-0.39, 0.29) is 11.6 Å². The van der Waals surface area contributed by atoms with Gasteiger partial charge in [-0.25, -0.2) is 18.7 Å². The molecule has 8 heteroatoms. The molecule has 4 heterocycles. The molecule has 0 aliphatic carbocycles. The van der Waals surface area contributed by atoms with E-state index >= 15 is 0 Å². The van der Waals surface area contributed by atoms with Crippen molar-refractivity contribution >= 4 is 10.9 Å². The maximum Gasteiger partial charge on any atom is 0.261 e. The highest BCUT2D eigenvalue weighted by Gasteiger charge is 2.31. The fraction of sp³-hybridized carbons (Fsp3) is 0.500. The van der Waals surface area contributed by atoms with Crippen LogP contribution < -0.4 is 5.56 Å². The van der Waals surface area contributed by atoms with Gasteiger partial charge in [0.15, 0.2) is 0 Å². The van der Waals surface area contributed by atoms with E-state index in [0.29, 0.717) is 23.3 Å². The molecule has 30 heavy (non-hydrogen) atoms. The smallest absolute Gasteiger partial charge is 0.261 e. The van der Waals surface area contributed by atoms with Crippen molar-refractivity contribution in [3.8, 4) is 0 Å². The summed E-state index contributed by atoms with van der Waals surface area (Å²) in [5.41, 5.74) is 1.18. The lowest BCUT2D eigenvalue weighted by Crippen LogP contribution is -2.33. The molecule has 2 aliphatic heterocycles. The topological polar surface area (TPSA) is 56.0 Å². The van der Waals surface area contributed by atoms with Crippen molar-refractivity contribution in [2.45, 2.75) is 64.2 Å². The first-order valence-corrected chi connectivity index (χ1v) is 10.7. The summed E-state index contributed by atoms with van der Waals surface area (Å²) in [5.74, 6) is 1.57. The van der Waals surface area contributed by atoms with Crippen LogP contribution in [0.25, 0.3) is 10.9 Å². The van der Waals surface area contributed by atoms with Crippen molar-refractivity contribution in [2.24, 2.45) is 0 Å². The first kappa shape index (κ1) is 19.4. The number of likely N-dealkylation sites (tertiary alicyclic amines) is 1. The molecule has 0 spiro atoms. The maximum atomic E-state index is 13.3. The number of halogens is 2. The molecule has 1 unspecified atom stereocenters. The fourth-order valence-corrected chi connectivity index (χ4v) is 4.82. The van der Waals surface area contributed by atoms with Crippen LogP contribution in [0.15, 0.2) is 35.3 Å². The molecule has 0 radical (unpaired) electrons. The molecule has 1 atom stereocenters. The van der Waals surface area contributed by atoms with Gasteiger partial charge < -0.3 is 4.57 Å². The Labute approximate surface area is 173 Å². The quantitative estimate of drug-likeness (QED) is 0.642. The van der Waals surface area contributed by atoms with E-state index in [4.69, 9.17) is 9.97 Å². The molecule has 158 valence electrons. The van der Waals surface area contributed by atoms with E-state index in [1.54, 1.807) is 18.2 Å². The Morgan fingerprint density at radius 3 is 2.80 bits per heavy atom. The number of para-hydroxylation sites is 1. The van der Waals surface area contributed by atoms with E-state index in [2.05, 4.69) is 15.7 Å². The molecule has 6 nitrogen and oxygen atoms in total. The van der Waals surface area contributed by atoms with Gasteiger partial charge in [0.05, 0.1) is 29.2 Å². The van der Waals surface area contributed by atoms with Crippen LogP contribution in [0.3, 0.4) is 0 Å². The van der Waals surface area contributed by atoms with Gasteiger partial charge in [-0.2, -0.15) is 0 Å². The average molecular weight is 413 g/mol. The van der Waals surface area contributed by atoms with Gasteiger partial charge in [0.2, 0.25) is 0 Å². The molecule has 0 bridgehead atoms. The van der Waals surface area contributed by atoms with Gasteiger partial charge in [0.25, 0.3) is 12.0 Å². The summed E-state index contributed by atoms with van der Waals surface area (Å²) < 4.78 is 30.1. The Balaban J connectivity index is 1.51. The van der Waals surface area contributed by atoms with Crippen molar-refractivity contribution in [2.75, 3.05) is 6.54 Å². The molecule has 1 saturated heterocycles. The number of hydrogen-bond donors (Lipinski definition) is 0. The largest absolute Gasteiger partial charge is 0.335 e. The number of alkyl halides is 2. The standard InChI is InChI=1S/C22H25F2N5O/c23-19(24)14-29-21(26-17-7-2-1-6-16(17)22(29)30)18-8-5-11-27(18)12-15-13-28-10-4-3-9-20(28)25-15/h1-2,6-7,13,18-19H,3-5,8-12,14H2. The van der Waals surface area contributed by atoms with Gasteiger partial charge >= 0.3 is 0 Å². The number of hydrogen-bond acceptors (Lipinski definition) is 4. The average Bonchev–Trinajstić information content (AvgIpc) is 3.36. The second-order valence-electron chi connectivity index (χ2n) is 8.22. The predicted octanol–water partition coefficient (Wildman–Crippen LogP) is 3.53. The van der Waals surface area contributed by atoms with E-state index in [9.17, 15) is 13.6 Å². The van der Waals surface area contributed by atoms with Gasteiger partial charge in [0, 0.05) is 25.7 Å². The van der Waals surface area contributed by atoms with E-state index in [1.165, 1.54) is 17.4 Å². The van der Waals surface area contributed by atoms with Crippen molar-refractivity contribution in [1.82, 2.24) is 24.0 Å². The SMILES string of the molecule is O=c1c2ccccc2nc(C2CCCN2Cc2cn3c(n2)CCCC3)n1CC(F)F. The third-order valence-corrected chi connectivity index (χ3v) is 6.20. The minimum Gasteiger partial charge on any atom is -0.335 e. The molecule has 0 saturated carbocycles. The monoisotopic (exact) mass is 413 g/mol. The maximum absolute atomic E-state index is 13.3. The molecule has 2 aliphatic rings. The van der Waals surface area contributed by atoms with Gasteiger partial charge in [-0.15, -0.1) is 0 Å². The van der Waals surface area contributed by atoms with Crippen molar-refractivity contribution in [3.63, 3.8) is 0 Å². The lowest BCUT2D eigenvalue weighted by molar-refractivity contribution is 0.120. The number of aromatic nitrogens is 4. The highest BCUT2D eigenvalue weighted by Crippen LogP contribution is 2.32. The Morgan fingerprint density at radius 1 is 1.10 bits per heavy atom. The molecule has 0 N–H and O–H groups in total. The zero-order chi connectivity index (χ0) is 20.7. The van der Waals surface area contributed by atoms with Crippen molar-refractivity contribution in [1.29, 1.82) is 0 Å². The third-order valence-electron chi connectivity index (χ3n) is 6.20. The second-order valence-corrected chi connectivity index (χ2v) is 8.22. The van der Waals surface area contributed by atoms with Crippen LogP contribution in [0.2, 0.25) is 0 Å². The minimum absolute atomic E-state index is 0.167. The highest BCUT2D eigenvalue weighted by atomic mass is 19.3. The van der Waals surface area contributed by atoms with Crippen molar-refractivity contribution < 1.29 is 8.78 Å². The van der Waals surface area contributed by atoms with Crippen LogP contribution in [-0.2, 0) is 26.1 Å². The lowest BCUT2D eigenvalue weighted by Gasteiger charge is -2.26. The summed E-state index contributed by atoms with van der Waals surface area (Å²) in [5, 5.41) is 0.383. The number of nitrogens with zero attached hydrogens (tertiary/aromatic N) is 5. The second kappa shape index (κ2) is 7.91. The van der Waals surface area contributed by atoms with Crippen LogP contribution in [0.4, 0.5) is 8.78 Å². The normalized spacial score (nSPS) is 19.6. The highest BCUT2D eigenvalue weighted by molar-refractivity contribution is 5.77. The first-order chi connectivity index (χ1) is 14.6. The van der Waals surface area contributed by atoms with Gasteiger partial charge in [0.1, 0.15) is 11.6 Å². The summed E-state index contributed by atoms with van der Waals surface area (Å²) in [4.78, 5) is 24.7. The number of imidazole rings is 1.